The SMILES string of the molecule is O=C(CC(Cc1ccc(C(F)(F)F)cc1)C(=O)O)c1ccc2ccccc2n1. The van der Waals surface area contributed by atoms with Gasteiger partial charge in [0, 0.05) is 11.8 Å². The average Bonchev–Trinajstić information content (AvgIpc) is 2.66. The lowest BCUT2D eigenvalue weighted by atomic mass is 9.93. The number of alkyl halides is 3. The van der Waals surface area contributed by atoms with E-state index in [1.807, 2.05) is 12.1 Å². The number of Topliss-reactive ketones (excluding diaryl/α,β-unsaturated/α-hetero) is 1. The van der Waals surface area contributed by atoms with Crippen LogP contribution in [-0.4, -0.2) is 21.8 Å². The van der Waals surface area contributed by atoms with Crippen molar-refractivity contribution >= 4 is 22.7 Å². The van der Waals surface area contributed by atoms with Gasteiger partial charge in [-0.25, -0.2) is 4.98 Å². The third-order valence-corrected chi connectivity index (χ3v) is 4.43. The molecule has 0 aliphatic carbocycles. The Morgan fingerprint density at radius 1 is 0.964 bits per heavy atom. The molecule has 0 bridgehead atoms. The number of pyridine rings is 1. The van der Waals surface area contributed by atoms with Gasteiger partial charge < -0.3 is 5.11 Å². The first-order valence-corrected chi connectivity index (χ1v) is 8.52. The second-order valence-electron chi connectivity index (χ2n) is 6.45. The molecule has 1 N–H and O–H groups in total. The highest BCUT2D eigenvalue weighted by Crippen LogP contribution is 2.29. The maximum atomic E-state index is 12.6. The zero-order valence-corrected chi connectivity index (χ0v) is 14.6. The molecule has 0 aliphatic rings. The maximum Gasteiger partial charge on any atom is 0.416 e. The Morgan fingerprint density at radius 2 is 1.64 bits per heavy atom. The van der Waals surface area contributed by atoms with Gasteiger partial charge in [-0.15, -0.1) is 0 Å². The molecule has 0 fully saturated rings. The van der Waals surface area contributed by atoms with E-state index >= 15 is 0 Å². The molecule has 0 amide bonds. The molecule has 4 nitrogen and oxygen atoms in total. The monoisotopic (exact) mass is 387 g/mol. The molecule has 1 heterocycles. The summed E-state index contributed by atoms with van der Waals surface area (Å²) in [5.74, 6) is -2.67. The van der Waals surface area contributed by atoms with E-state index in [-0.39, 0.29) is 18.5 Å². The van der Waals surface area contributed by atoms with Gasteiger partial charge in [-0.1, -0.05) is 36.4 Å². The van der Waals surface area contributed by atoms with Gasteiger partial charge in [0.05, 0.1) is 17.0 Å². The number of fused-ring (bicyclic) bond motifs is 1. The first kappa shape index (κ1) is 19.5. The highest BCUT2D eigenvalue weighted by molar-refractivity contribution is 5.98. The molecule has 1 atom stereocenters. The number of carboxylic acid groups (broad SMARTS) is 1. The van der Waals surface area contributed by atoms with E-state index in [4.69, 9.17) is 0 Å². The Labute approximate surface area is 158 Å². The molecular weight excluding hydrogens is 371 g/mol. The average molecular weight is 387 g/mol. The lowest BCUT2D eigenvalue weighted by molar-refractivity contribution is -0.141. The van der Waals surface area contributed by atoms with Gasteiger partial charge in [0.25, 0.3) is 0 Å². The summed E-state index contributed by atoms with van der Waals surface area (Å²) >= 11 is 0. The van der Waals surface area contributed by atoms with Crippen molar-refractivity contribution in [1.29, 1.82) is 0 Å². The fraction of sp³-hybridized carbons (Fsp3) is 0.190. The Kier molecular flexibility index (Phi) is 5.44. The number of hydrogen-bond acceptors (Lipinski definition) is 3. The van der Waals surface area contributed by atoms with Crippen molar-refractivity contribution in [3.63, 3.8) is 0 Å². The van der Waals surface area contributed by atoms with Gasteiger partial charge in [-0.2, -0.15) is 13.2 Å². The van der Waals surface area contributed by atoms with E-state index in [9.17, 15) is 27.9 Å². The number of carbonyl (C=O) groups is 2. The van der Waals surface area contributed by atoms with E-state index in [1.54, 1.807) is 24.3 Å². The quantitative estimate of drug-likeness (QED) is 0.619. The lowest BCUT2D eigenvalue weighted by Gasteiger charge is -2.13. The molecule has 0 spiro atoms. The van der Waals surface area contributed by atoms with Crippen LogP contribution in [0.1, 0.15) is 28.0 Å². The zero-order valence-electron chi connectivity index (χ0n) is 14.6. The number of ketones is 1. The van der Waals surface area contributed by atoms with Crippen molar-refractivity contribution in [2.45, 2.75) is 19.0 Å². The molecule has 3 aromatic rings. The number of carbonyl (C=O) groups excluding carboxylic acids is 1. The number of rotatable bonds is 6. The summed E-state index contributed by atoms with van der Waals surface area (Å²) < 4.78 is 37.9. The second kappa shape index (κ2) is 7.80. The lowest BCUT2D eigenvalue weighted by Crippen LogP contribution is -2.21. The Morgan fingerprint density at radius 3 is 2.29 bits per heavy atom. The van der Waals surface area contributed by atoms with Crippen LogP contribution in [0.5, 0.6) is 0 Å². The Bertz CT molecular complexity index is 1010. The van der Waals surface area contributed by atoms with Crippen molar-refractivity contribution in [1.82, 2.24) is 4.98 Å². The molecule has 0 saturated heterocycles. The van der Waals surface area contributed by atoms with Gasteiger partial charge in [-0.05, 0) is 36.2 Å². The van der Waals surface area contributed by atoms with Crippen molar-refractivity contribution < 1.29 is 27.9 Å². The van der Waals surface area contributed by atoms with Crippen LogP contribution < -0.4 is 0 Å². The summed E-state index contributed by atoms with van der Waals surface area (Å²) in [7, 11) is 0. The summed E-state index contributed by atoms with van der Waals surface area (Å²) in [5.41, 5.74) is 0.402. The van der Waals surface area contributed by atoms with Crippen LogP contribution in [0.2, 0.25) is 0 Å². The van der Waals surface area contributed by atoms with Gasteiger partial charge in [0.15, 0.2) is 5.78 Å². The number of para-hydroxylation sites is 1. The molecular formula is C21H16F3NO3. The normalized spacial score (nSPS) is 12.7. The zero-order chi connectivity index (χ0) is 20.3. The van der Waals surface area contributed by atoms with Crippen LogP contribution in [0.4, 0.5) is 13.2 Å². The Balaban J connectivity index is 1.75. The molecule has 1 unspecified atom stereocenters. The fourth-order valence-electron chi connectivity index (χ4n) is 2.91. The summed E-state index contributed by atoms with van der Waals surface area (Å²) in [5, 5.41) is 10.3. The largest absolute Gasteiger partial charge is 0.481 e. The third-order valence-electron chi connectivity index (χ3n) is 4.43. The Hall–Kier alpha value is -3.22. The summed E-state index contributed by atoms with van der Waals surface area (Å²) in [6.07, 6.45) is -4.79. The molecule has 7 heteroatoms. The predicted molar refractivity (Wildman–Crippen MR) is 97.0 cm³/mol. The first-order valence-electron chi connectivity index (χ1n) is 8.52. The fourth-order valence-corrected chi connectivity index (χ4v) is 2.91. The van der Waals surface area contributed by atoms with E-state index in [0.29, 0.717) is 11.1 Å². The standard InChI is InChI=1S/C21H16F3NO3/c22-21(23,24)16-8-5-13(6-9-16)11-15(20(27)28)12-19(26)18-10-7-14-3-1-2-4-17(14)25-18/h1-10,15H,11-12H2,(H,27,28). The smallest absolute Gasteiger partial charge is 0.416 e. The van der Waals surface area contributed by atoms with Crippen LogP contribution >= 0.6 is 0 Å². The summed E-state index contributed by atoms with van der Waals surface area (Å²) in [6, 6.07) is 14.8. The van der Waals surface area contributed by atoms with Crippen LogP contribution in [0.25, 0.3) is 10.9 Å². The van der Waals surface area contributed by atoms with E-state index < -0.39 is 29.4 Å². The molecule has 3 rings (SSSR count). The first-order chi connectivity index (χ1) is 13.2. The van der Waals surface area contributed by atoms with Crippen LogP contribution in [0.15, 0.2) is 60.7 Å². The van der Waals surface area contributed by atoms with Gasteiger partial charge >= 0.3 is 12.1 Å². The number of nitrogens with zero attached hydrogens (tertiary/aromatic N) is 1. The summed E-state index contributed by atoms with van der Waals surface area (Å²) in [4.78, 5) is 28.3. The molecule has 0 aliphatic heterocycles. The van der Waals surface area contributed by atoms with Crippen LogP contribution in [-0.2, 0) is 17.4 Å². The highest BCUT2D eigenvalue weighted by atomic mass is 19.4. The third kappa shape index (κ3) is 4.54. The molecule has 0 saturated carbocycles. The van der Waals surface area contributed by atoms with Gasteiger partial charge in [0.1, 0.15) is 5.69 Å². The van der Waals surface area contributed by atoms with E-state index in [0.717, 1.165) is 17.5 Å². The topological polar surface area (TPSA) is 67.3 Å². The van der Waals surface area contributed by atoms with E-state index in [2.05, 4.69) is 4.98 Å². The van der Waals surface area contributed by atoms with Crippen LogP contribution in [0, 0.1) is 5.92 Å². The van der Waals surface area contributed by atoms with Crippen molar-refractivity contribution in [2.75, 3.05) is 0 Å². The van der Waals surface area contributed by atoms with Crippen LogP contribution in [0.3, 0.4) is 0 Å². The number of benzene rings is 2. The number of halogens is 3. The summed E-state index contributed by atoms with van der Waals surface area (Å²) in [6.45, 7) is 0. The minimum absolute atomic E-state index is 0.0488. The maximum absolute atomic E-state index is 12.6. The number of carboxylic acids is 1. The van der Waals surface area contributed by atoms with E-state index in [1.165, 1.54) is 12.1 Å². The van der Waals surface area contributed by atoms with Crippen molar-refractivity contribution in [3.8, 4) is 0 Å². The van der Waals surface area contributed by atoms with Crippen molar-refractivity contribution in [3.05, 3.63) is 77.5 Å². The predicted octanol–water partition coefficient (Wildman–Crippen LogP) is 4.77. The second-order valence-corrected chi connectivity index (χ2v) is 6.45. The molecule has 144 valence electrons. The molecule has 0 radical (unpaired) electrons. The van der Waals surface area contributed by atoms with Crippen molar-refractivity contribution in [2.24, 2.45) is 5.92 Å². The minimum atomic E-state index is -4.46. The number of aliphatic carboxylic acids is 1. The number of aromatic nitrogens is 1. The molecule has 2 aromatic carbocycles. The molecule has 28 heavy (non-hydrogen) atoms. The number of hydrogen-bond donors (Lipinski definition) is 1. The highest BCUT2D eigenvalue weighted by Gasteiger charge is 2.30. The van der Waals surface area contributed by atoms with Gasteiger partial charge in [-0.3, -0.25) is 9.59 Å². The minimum Gasteiger partial charge on any atom is -0.481 e. The van der Waals surface area contributed by atoms with Gasteiger partial charge in [0.2, 0.25) is 0 Å². The molecule has 1 aromatic heterocycles.